The van der Waals surface area contributed by atoms with E-state index in [9.17, 15) is 0 Å². The molecule has 0 amide bonds. The third-order valence-electron chi connectivity index (χ3n) is 1.38. The van der Waals surface area contributed by atoms with Gasteiger partial charge < -0.3 is 10.5 Å². The minimum absolute atomic E-state index is 0.521. The molecule has 0 unspecified atom stereocenters. The molecule has 1 aromatic heterocycles. The molecule has 3 nitrogen and oxygen atoms in total. The fourth-order valence-electron chi connectivity index (χ4n) is 0.783. The summed E-state index contributed by atoms with van der Waals surface area (Å²) in [6, 6.07) is 3.43. The highest BCUT2D eigenvalue weighted by Gasteiger charge is 1.99. The molecule has 0 radical (unpaired) electrons. The second-order valence-corrected chi connectivity index (χ2v) is 2.79. The van der Waals surface area contributed by atoms with Gasteiger partial charge in [0, 0.05) is 6.07 Å². The van der Waals surface area contributed by atoms with E-state index < -0.39 is 0 Å². The van der Waals surface area contributed by atoms with E-state index in [-0.39, 0.29) is 0 Å². The number of anilines is 1. The van der Waals surface area contributed by atoms with Crippen molar-refractivity contribution in [3.05, 3.63) is 17.8 Å². The van der Waals surface area contributed by atoms with Crippen LogP contribution in [-0.4, -0.2) is 17.4 Å². The number of halogens is 1. The zero-order valence-electron chi connectivity index (χ0n) is 7.17. The average Bonchev–Trinajstić information content (AvgIpc) is 2.17. The maximum atomic E-state index is 5.65. The summed E-state index contributed by atoms with van der Waals surface area (Å²) in [6.07, 6.45) is 0. The Morgan fingerprint density at radius 1 is 1.62 bits per heavy atom. The number of aromatic nitrogens is 1. The molecule has 2 N–H and O–H groups in total. The van der Waals surface area contributed by atoms with E-state index in [2.05, 4.69) is 32.8 Å². The van der Waals surface area contributed by atoms with E-state index in [4.69, 9.17) is 10.5 Å². The summed E-state index contributed by atoms with van der Waals surface area (Å²) in [6.45, 7) is 0. The van der Waals surface area contributed by atoms with E-state index in [0.29, 0.717) is 22.6 Å². The molecule has 1 heterocycles. The Bertz CT molecular complexity index is 354. The summed E-state index contributed by atoms with van der Waals surface area (Å²) in [5.41, 5.74) is 6.77. The zero-order valence-corrected chi connectivity index (χ0v) is 8.76. The summed E-state index contributed by atoms with van der Waals surface area (Å²) in [5.74, 6) is 6.17. The maximum absolute atomic E-state index is 5.65. The van der Waals surface area contributed by atoms with Crippen molar-refractivity contribution in [2.45, 2.75) is 0 Å². The monoisotopic (exact) mass is 240 g/mol. The van der Waals surface area contributed by atoms with Crippen molar-refractivity contribution in [1.29, 1.82) is 0 Å². The molecule has 0 saturated carbocycles. The Hall–Kier alpha value is -1.21. The SMILES string of the molecule is COc1ccc(N)c(C#CCBr)n1. The number of nitrogen functional groups attached to an aromatic ring is 1. The molecule has 0 aliphatic heterocycles. The van der Waals surface area contributed by atoms with E-state index >= 15 is 0 Å². The number of nitrogens with two attached hydrogens (primary N) is 1. The van der Waals surface area contributed by atoms with Gasteiger partial charge in [-0.05, 0) is 12.0 Å². The first-order valence-corrected chi connectivity index (χ1v) is 4.75. The number of ether oxygens (including phenoxy) is 1. The lowest BCUT2D eigenvalue weighted by molar-refractivity contribution is 0.397. The molecular formula is C9H9BrN2O. The van der Waals surface area contributed by atoms with Crippen molar-refractivity contribution in [1.82, 2.24) is 4.98 Å². The highest BCUT2D eigenvalue weighted by molar-refractivity contribution is 9.09. The van der Waals surface area contributed by atoms with Gasteiger partial charge in [-0.1, -0.05) is 21.9 Å². The van der Waals surface area contributed by atoms with Crippen LogP contribution in [0.1, 0.15) is 5.69 Å². The van der Waals surface area contributed by atoms with Gasteiger partial charge in [-0.25, -0.2) is 4.98 Å². The molecule has 4 heteroatoms. The van der Waals surface area contributed by atoms with Gasteiger partial charge in [0.25, 0.3) is 0 Å². The Morgan fingerprint density at radius 3 is 3.00 bits per heavy atom. The molecule has 0 saturated heterocycles. The molecule has 0 spiro atoms. The summed E-state index contributed by atoms with van der Waals surface area (Å²) in [5, 5.41) is 0.603. The number of alkyl halides is 1. The number of hydrogen-bond acceptors (Lipinski definition) is 3. The zero-order chi connectivity index (χ0) is 9.68. The standard InChI is InChI=1S/C9H9BrN2O/c1-13-9-5-4-7(11)8(12-9)3-2-6-10/h4-5H,6,11H2,1H3. The predicted molar refractivity (Wildman–Crippen MR) is 55.9 cm³/mol. The van der Waals surface area contributed by atoms with Crippen molar-refractivity contribution < 1.29 is 4.74 Å². The van der Waals surface area contributed by atoms with Gasteiger partial charge in [0.1, 0.15) is 5.69 Å². The van der Waals surface area contributed by atoms with Crippen LogP contribution in [0.15, 0.2) is 12.1 Å². The van der Waals surface area contributed by atoms with Crippen LogP contribution in [0, 0.1) is 11.8 Å². The minimum Gasteiger partial charge on any atom is -0.481 e. The fraction of sp³-hybridized carbons (Fsp3) is 0.222. The Balaban J connectivity index is 3.04. The lowest BCUT2D eigenvalue weighted by Crippen LogP contribution is -1.96. The van der Waals surface area contributed by atoms with Gasteiger partial charge in [-0.15, -0.1) is 0 Å². The molecule has 0 aliphatic rings. The number of methoxy groups -OCH3 is 1. The average molecular weight is 241 g/mol. The smallest absolute Gasteiger partial charge is 0.214 e. The topological polar surface area (TPSA) is 48.1 Å². The van der Waals surface area contributed by atoms with Crippen molar-refractivity contribution in [3.63, 3.8) is 0 Å². The second kappa shape index (κ2) is 4.73. The van der Waals surface area contributed by atoms with Gasteiger partial charge in [-0.3, -0.25) is 0 Å². The third kappa shape index (κ3) is 2.63. The van der Waals surface area contributed by atoms with Crippen LogP contribution in [0.2, 0.25) is 0 Å². The summed E-state index contributed by atoms with van der Waals surface area (Å²) in [7, 11) is 1.56. The van der Waals surface area contributed by atoms with E-state index in [0.717, 1.165) is 0 Å². The van der Waals surface area contributed by atoms with Crippen molar-refractivity contribution in [2.24, 2.45) is 0 Å². The Labute approximate surface area is 85.4 Å². The maximum Gasteiger partial charge on any atom is 0.214 e. The number of rotatable bonds is 1. The van der Waals surface area contributed by atoms with Crippen LogP contribution >= 0.6 is 15.9 Å². The van der Waals surface area contributed by atoms with E-state index in [1.54, 1.807) is 19.2 Å². The van der Waals surface area contributed by atoms with Crippen LogP contribution < -0.4 is 10.5 Å². The Kier molecular flexibility index (Phi) is 3.59. The largest absolute Gasteiger partial charge is 0.481 e. The first-order valence-electron chi connectivity index (χ1n) is 3.63. The first-order chi connectivity index (χ1) is 6.27. The minimum atomic E-state index is 0.521. The van der Waals surface area contributed by atoms with Crippen LogP contribution in [0.5, 0.6) is 5.88 Å². The molecular weight excluding hydrogens is 232 g/mol. The number of nitrogens with zero attached hydrogens (tertiary/aromatic N) is 1. The second-order valence-electron chi connectivity index (χ2n) is 2.23. The summed E-state index contributed by atoms with van der Waals surface area (Å²) < 4.78 is 4.94. The molecule has 13 heavy (non-hydrogen) atoms. The van der Waals surface area contributed by atoms with Gasteiger partial charge in [-0.2, -0.15) is 0 Å². The molecule has 68 valence electrons. The van der Waals surface area contributed by atoms with Crippen LogP contribution in [0.25, 0.3) is 0 Å². The fourth-order valence-corrected chi connectivity index (χ4v) is 0.923. The van der Waals surface area contributed by atoms with Crippen LogP contribution in [0.4, 0.5) is 5.69 Å². The summed E-state index contributed by atoms with van der Waals surface area (Å²) >= 11 is 3.19. The van der Waals surface area contributed by atoms with Crippen molar-refractivity contribution >= 4 is 21.6 Å². The van der Waals surface area contributed by atoms with Crippen LogP contribution in [0.3, 0.4) is 0 Å². The highest BCUT2D eigenvalue weighted by atomic mass is 79.9. The molecule has 0 atom stereocenters. The molecule has 0 aliphatic carbocycles. The molecule has 1 aromatic rings. The molecule has 0 aromatic carbocycles. The molecule has 1 rings (SSSR count). The third-order valence-corrected chi connectivity index (χ3v) is 1.66. The summed E-state index contributed by atoms with van der Waals surface area (Å²) in [4.78, 5) is 4.09. The van der Waals surface area contributed by atoms with Gasteiger partial charge in [0.2, 0.25) is 5.88 Å². The highest BCUT2D eigenvalue weighted by Crippen LogP contribution is 2.13. The van der Waals surface area contributed by atoms with Gasteiger partial charge >= 0.3 is 0 Å². The number of hydrogen-bond donors (Lipinski definition) is 1. The predicted octanol–water partition coefficient (Wildman–Crippen LogP) is 1.42. The Morgan fingerprint density at radius 2 is 2.38 bits per heavy atom. The molecule has 0 bridgehead atoms. The van der Waals surface area contributed by atoms with Crippen LogP contribution in [-0.2, 0) is 0 Å². The van der Waals surface area contributed by atoms with E-state index in [1.807, 2.05) is 0 Å². The lowest BCUT2D eigenvalue weighted by Gasteiger charge is -2.00. The molecule has 0 fully saturated rings. The quantitative estimate of drug-likeness (QED) is 0.597. The van der Waals surface area contributed by atoms with Crippen molar-refractivity contribution in [3.8, 4) is 17.7 Å². The first kappa shape index (κ1) is 9.87. The van der Waals surface area contributed by atoms with Gasteiger partial charge in [0.15, 0.2) is 0 Å². The lowest BCUT2D eigenvalue weighted by atomic mass is 10.3. The van der Waals surface area contributed by atoms with E-state index in [1.165, 1.54) is 0 Å². The van der Waals surface area contributed by atoms with Gasteiger partial charge in [0.05, 0.1) is 18.1 Å². The normalized spacial score (nSPS) is 8.77. The van der Waals surface area contributed by atoms with Crippen molar-refractivity contribution in [2.75, 3.05) is 18.2 Å². The number of pyridine rings is 1.